The number of aliphatic imine (C=N–C) groups is 1. The number of oxazole rings is 1. The normalized spacial score (nSPS) is 18.6. The van der Waals surface area contributed by atoms with Gasteiger partial charge in [0.15, 0.2) is 5.96 Å². The van der Waals surface area contributed by atoms with Crippen LogP contribution in [-0.2, 0) is 21.4 Å². The van der Waals surface area contributed by atoms with Crippen molar-refractivity contribution in [1.29, 1.82) is 0 Å². The van der Waals surface area contributed by atoms with Gasteiger partial charge in [0, 0.05) is 38.1 Å². The average molecular weight is 367 g/mol. The van der Waals surface area contributed by atoms with Gasteiger partial charge in [-0.25, -0.2) is 9.98 Å². The van der Waals surface area contributed by atoms with Gasteiger partial charge in [0.25, 0.3) is 0 Å². The van der Waals surface area contributed by atoms with Gasteiger partial charge in [-0.05, 0) is 13.3 Å². The maximum absolute atomic E-state index is 5.84. The number of likely N-dealkylation sites (tertiary alicyclic amines) is 1. The molecule has 0 spiro atoms. The van der Waals surface area contributed by atoms with Crippen LogP contribution in [0.5, 0.6) is 0 Å². The van der Waals surface area contributed by atoms with Crippen LogP contribution in [0.1, 0.15) is 45.8 Å². The highest BCUT2D eigenvalue weighted by Gasteiger charge is 2.25. The lowest BCUT2D eigenvalue weighted by atomic mass is 9.94. The molecule has 26 heavy (non-hydrogen) atoms. The Labute approximate surface area is 157 Å². The summed E-state index contributed by atoms with van der Waals surface area (Å²) in [5, 5.41) is 3.37. The van der Waals surface area contributed by atoms with Gasteiger partial charge in [-0.15, -0.1) is 0 Å². The fourth-order valence-electron chi connectivity index (χ4n) is 2.85. The summed E-state index contributed by atoms with van der Waals surface area (Å²) in [6.45, 7) is 13.7. The van der Waals surface area contributed by atoms with E-state index in [-0.39, 0.29) is 5.41 Å². The SMILES string of the molecule is CCNC(=NCc1ncc(C(C)(C)C)o1)N1CCC(COCCOC)C1. The summed E-state index contributed by atoms with van der Waals surface area (Å²) >= 11 is 0. The molecule has 0 radical (unpaired) electrons. The second-order valence-corrected chi connectivity index (χ2v) is 7.71. The number of methoxy groups -OCH3 is 1. The molecule has 2 rings (SSSR count). The molecule has 1 saturated heterocycles. The molecule has 7 heteroatoms. The van der Waals surface area contributed by atoms with Crippen molar-refractivity contribution < 1.29 is 13.9 Å². The summed E-state index contributed by atoms with van der Waals surface area (Å²) in [6, 6.07) is 0. The third-order valence-corrected chi connectivity index (χ3v) is 4.36. The molecule has 1 aliphatic rings. The summed E-state index contributed by atoms with van der Waals surface area (Å²) in [7, 11) is 1.69. The Balaban J connectivity index is 1.89. The van der Waals surface area contributed by atoms with Crippen molar-refractivity contribution >= 4 is 5.96 Å². The first-order chi connectivity index (χ1) is 12.4. The molecule has 1 fully saturated rings. The molecule has 0 aliphatic carbocycles. The van der Waals surface area contributed by atoms with Crippen molar-refractivity contribution in [2.45, 2.75) is 46.1 Å². The van der Waals surface area contributed by atoms with Gasteiger partial charge in [0.1, 0.15) is 12.3 Å². The number of hydrogen-bond acceptors (Lipinski definition) is 5. The highest BCUT2D eigenvalue weighted by molar-refractivity contribution is 5.80. The van der Waals surface area contributed by atoms with E-state index in [0.29, 0.717) is 31.6 Å². The number of hydrogen-bond donors (Lipinski definition) is 1. The standard InChI is InChI=1S/C19H34N4O3/c1-6-20-18(22-12-17-21-11-16(26-17)19(2,3)4)23-8-7-15(13-23)14-25-10-9-24-5/h11,15H,6-10,12-14H2,1-5H3,(H,20,22). The summed E-state index contributed by atoms with van der Waals surface area (Å²) in [5.74, 6) is 3.00. The second-order valence-electron chi connectivity index (χ2n) is 7.71. The molecule has 0 amide bonds. The van der Waals surface area contributed by atoms with Gasteiger partial charge in [-0.2, -0.15) is 0 Å². The average Bonchev–Trinajstić information content (AvgIpc) is 3.24. The largest absolute Gasteiger partial charge is 0.443 e. The Hall–Kier alpha value is -1.60. The minimum Gasteiger partial charge on any atom is -0.443 e. The fourth-order valence-corrected chi connectivity index (χ4v) is 2.85. The molecule has 1 N–H and O–H groups in total. The van der Waals surface area contributed by atoms with Crippen LogP contribution < -0.4 is 5.32 Å². The van der Waals surface area contributed by atoms with E-state index in [1.54, 1.807) is 13.3 Å². The van der Waals surface area contributed by atoms with Crippen molar-refractivity contribution in [3.63, 3.8) is 0 Å². The zero-order chi connectivity index (χ0) is 19.0. The van der Waals surface area contributed by atoms with Crippen LogP contribution in [0.4, 0.5) is 0 Å². The zero-order valence-electron chi connectivity index (χ0n) is 16.9. The number of nitrogens with one attached hydrogen (secondary N) is 1. The number of aromatic nitrogens is 1. The third-order valence-electron chi connectivity index (χ3n) is 4.36. The van der Waals surface area contributed by atoms with Crippen LogP contribution in [0.15, 0.2) is 15.6 Å². The van der Waals surface area contributed by atoms with Crippen molar-refractivity contribution in [2.75, 3.05) is 46.6 Å². The van der Waals surface area contributed by atoms with Crippen LogP contribution in [0.2, 0.25) is 0 Å². The van der Waals surface area contributed by atoms with Gasteiger partial charge < -0.3 is 24.1 Å². The first-order valence-corrected chi connectivity index (χ1v) is 9.49. The number of nitrogens with zero attached hydrogens (tertiary/aromatic N) is 3. The van der Waals surface area contributed by atoms with Crippen LogP contribution in [-0.4, -0.2) is 62.4 Å². The fraction of sp³-hybridized carbons (Fsp3) is 0.789. The van der Waals surface area contributed by atoms with Crippen LogP contribution >= 0.6 is 0 Å². The molecule has 0 saturated carbocycles. The topological polar surface area (TPSA) is 72.1 Å². The zero-order valence-corrected chi connectivity index (χ0v) is 16.9. The minimum atomic E-state index is -0.0372. The van der Waals surface area contributed by atoms with E-state index in [1.807, 2.05) is 0 Å². The monoisotopic (exact) mass is 366 g/mol. The smallest absolute Gasteiger partial charge is 0.216 e. The summed E-state index contributed by atoms with van der Waals surface area (Å²) < 4.78 is 16.5. The predicted molar refractivity (Wildman–Crippen MR) is 102 cm³/mol. The van der Waals surface area contributed by atoms with Gasteiger partial charge in [0.05, 0.1) is 26.0 Å². The summed E-state index contributed by atoms with van der Waals surface area (Å²) in [4.78, 5) is 11.4. The van der Waals surface area contributed by atoms with E-state index in [9.17, 15) is 0 Å². The Morgan fingerprint density at radius 1 is 1.42 bits per heavy atom. The number of guanidine groups is 1. The van der Waals surface area contributed by atoms with E-state index >= 15 is 0 Å². The van der Waals surface area contributed by atoms with E-state index in [4.69, 9.17) is 18.9 Å². The van der Waals surface area contributed by atoms with E-state index in [0.717, 1.165) is 44.4 Å². The lowest BCUT2D eigenvalue weighted by Crippen LogP contribution is -2.40. The maximum atomic E-state index is 5.84. The van der Waals surface area contributed by atoms with Gasteiger partial charge >= 0.3 is 0 Å². The van der Waals surface area contributed by atoms with Crippen LogP contribution in [0, 0.1) is 5.92 Å². The molecule has 0 aromatic carbocycles. The Kier molecular flexibility index (Phi) is 7.90. The third kappa shape index (κ3) is 6.29. The molecule has 1 aromatic rings. The number of ether oxygens (including phenoxy) is 2. The quantitative estimate of drug-likeness (QED) is 0.433. The maximum Gasteiger partial charge on any atom is 0.216 e. The molecule has 1 aromatic heterocycles. The van der Waals surface area contributed by atoms with Gasteiger partial charge in [0.2, 0.25) is 5.89 Å². The van der Waals surface area contributed by atoms with Crippen molar-refractivity contribution in [3.05, 3.63) is 17.8 Å². The van der Waals surface area contributed by atoms with Crippen molar-refractivity contribution in [1.82, 2.24) is 15.2 Å². The lowest BCUT2D eigenvalue weighted by Gasteiger charge is -2.21. The van der Waals surface area contributed by atoms with Gasteiger partial charge in [-0.3, -0.25) is 0 Å². The first kappa shape index (κ1) is 20.7. The minimum absolute atomic E-state index is 0.0372. The molecule has 2 heterocycles. The van der Waals surface area contributed by atoms with Crippen molar-refractivity contribution in [3.8, 4) is 0 Å². The van der Waals surface area contributed by atoms with Crippen molar-refractivity contribution in [2.24, 2.45) is 10.9 Å². The predicted octanol–water partition coefficient (Wildman–Crippen LogP) is 2.42. The number of rotatable bonds is 8. The molecule has 7 nitrogen and oxygen atoms in total. The van der Waals surface area contributed by atoms with Crippen LogP contribution in [0.3, 0.4) is 0 Å². The van der Waals surface area contributed by atoms with Crippen LogP contribution in [0.25, 0.3) is 0 Å². The van der Waals surface area contributed by atoms with E-state index in [2.05, 4.69) is 42.9 Å². The first-order valence-electron chi connectivity index (χ1n) is 9.49. The van der Waals surface area contributed by atoms with E-state index in [1.165, 1.54) is 0 Å². The molecule has 0 bridgehead atoms. The van der Waals surface area contributed by atoms with E-state index < -0.39 is 0 Å². The Bertz CT molecular complexity index is 565. The highest BCUT2D eigenvalue weighted by atomic mass is 16.5. The molecular formula is C19H34N4O3. The molecule has 148 valence electrons. The van der Waals surface area contributed by atoms with Gasteiger partial charge in [-0.1, -0.05) is 20.8 Å². The molecule has 1 unspecified atom stereocenters. The Morgan fingerprint density at radius 2 is 2.23 bits per heavy atom. The summed E-state index contributed by atoms with van der Waals surface area (Å²) in [6.07, 6.45) is 2.92. The summed E-state index contributed by atoms with van der Waals surface area (Å²) in [5.41, 5.74) is -0.0372. The molecular weight excluding hydrogens is 332 g/mol. The second kappa shape index (κ2) is 9.92. The lowest BCUT2D eigenvalue weighted by molar-refractivity contribution is 0.0536. The molecule has 1 atom stereocenters. The highest BCUT2D eigenvalue weighted by Crippen LogP contribution is 2.23. The molecule has 1 aliphatic heterocycles. The Morgan fingerprint density at radius 3 is 2.88 bits per heavy atom.